The molecule has 0 saturated carbocycles. The van der Waals surface area contributed by atoms with E-state index >= 15 is 0 Å². The SMILES string of the molecule is CC(C)(C)CC(=O)N[C@@H](Cc1cccc(I)c1)C(=O)OCc1ccccc1. The fraction of sp³-hybridized carbons (Fsp3) is 0.364. The molecule has 2 aromatic rings. The summed E-state index contributed by atoms with van der Waals surface area (Å²) in [4.78, 5) is 25.1. The van der Waals surface area contributed by atoms with Crippen LogP contribution in [0.3, 0.4) is 0 Å². The van der Waals surface area contributed by atoms with Gasteiger partial charge in [0.2, 0.25) is 5.91 Å². The van der Waals surface area contributed by atoms with Gasteiger partial charge in [-0.25, -0.2) is 4.79 Å². The zero-order valence-corrected chi connectivity index (χ0v) is 18.2. The van der Waals surface area contributed by atoms with Gasteiger partial charge in [-0.05, 0) is 51.3 Å². The molecule has 1 atom stereocenters. The summed E-state index contributed by atoms with van der Waals surface area (Å²) >= 11 is 2.23. The molecule has 0 fully saturated rings. The van der Waals surface area contributed by atoms with Crippen molar-refractivity contribution < 1.29 is 14.3 Å². The van der Waals surface area contributed by atoms with Gasteiger partial charge < -0.3 is 10.1 Å². The number of ether oxygens (including phenoxy) is 1. The third-order valence-electron chi connectivity index (χ3n) is 3.86. The molecule has 0 aliphatic heterocycles. The van der Waals surface area contributed by atoms with Gasteiger partial charge in [-0.15, -0.1) is 0 Å². The van der Waals surface area contributed by atoms with Crippen molar-refractivity contribution >= 4 is 34.5 Å². The van der Waals surface area contributed by atoms with Crippen LogP contribution in [0.4, 0.5) is 0 Å². The highest BCUT2D eigenvalue weighted by atomic mass is 127. The monoisotopic (exact) mass is 479 g/mol. The Hall–Kier alpha value is -1.89. The van der Waals surface area contributed by atoms with Crippen molar-refractivity contribution in [3.05, 3.63) is 69.3 Å². The van der Waals surface area contributed by atoms with E-state index in [-0.39, 0.29) is 17.9 Å². The molecule has 2 rings (SSSR count). The fourth-order valence-corrected chi connectivity index (χ4v) is 3.26. The maximum Gasteiger partial charge on any atom is 0.329 e. The lowest BCUT2D eigenvalue weighted by atomic mass is 9.91. The summed E-state index contributed by atoms with van der Waals surface area (Å²) in [6.45, 7) is 6.18. The van der Waals surface area contributed by atoms with Crippen LogP contribution in [0.1, 0.15) is 38.3 Å². The number of esters is 1. The van der Waals surface area contributed by atoms with Crippen molar-refractivity contribution in [2.45, 2.75) is 46.3 Å². The molecule has 0 spiro atoms. The topological polar surface area (TPSA) is 55.4 Å². The molecular weight excluding hydrogens is 453 g/mol. The molecule has 0 heterocycles. The van der Waals surface area contributed by atoms with Crippen LogP contribution in [0.25, 0.3) is 0 Å². The molecule has 0 radical (unpaired) electrons. The van der Waals surface area contributed by atoms with Crippen LogP contribution < -0.4 is 5.32 Å². The van der Waals surface area contributed by atoms with Crippen molar-refractivity contribution in [3.8, 4) is 0 Å². The van der Waals surface area contributed by atoms with Crippen molar-refractivity contribution in [1.82, 2.24) is 5.32 Å². The average molecular weight is 479 g/mol. The molecule has 0 aromatic heterocycles. The summed E-state index contributed by atoms with van der Waals surface area (Å²) < 4.78 is 6.55. The predicted octanol–water partition coefficient (Wildman–Crippen LogP) is 4.50. The van der Waals surface area contributed by atoms with Crippen LogP contribution in [0.2, 0.25) is 0 Å². The standard InChI is InChI=1S/C22H26INO3/c1-22(2,3)14-20(25)24-19(13-17-10-7-11-18(23)12-17)21(26)27-15-16-8-5-4-6-9-16/h4-12,19H,13-15H2,1-3H3,(H,24,25)/t19-/m0/s1. The maximum atomic E-state index is 12.7. The largest absolute Gasteiger partial charge is 0.459 e. The summed E-state index contributed by atoms with van der Waals surface area (Å²) in [7, 11) is 0. The lowest BCUT2D eigenvalue weighted by Gasteiger charge is -2.22. The molecule has 5 heteroatoms. The Morgan fingerprint density at radius 2 is 1.70 bits per heavy atom. The number of carbonyl (C=O) groups is 2. The number of rotatable bonds is 7. The number of hydrogen-bond donors (Lipinski definition) is 1. The molecule has 1 amide bonds. The van der Waals surface area contributed by atoms with Crippen LogP contribution in [-0.2, 0) is 27.4 Å². The van der Waals surface area contributed by atoms with Crippen molar-refractivity contribution in [2.75, 3.05) is 0 Å². The average Bonchev–Trinajstić information content (AvgIpc) is 2.58. The summed E-state index contributed by atoms with van der Waals surface area (Å²) in [5.41, 5.74) is 1.75. The van der Waals surface area contributed by atoms with E-state index in [1.54, 1.807) is 0 Å². The molecule has 0 aliphatic rings. The number of nitrogens with one attached hydrogen (secondary N) is 1. The second-order valence-corrected chi connectivity index (χ2v) is 9.03. The highest BCUT2D eigenvalue weighted by Gasteiger charge is 2.25. The van der Waals surface area contributed by atoms with Crippen LogP contribution in [-0.4, -0.2) is 17.9 Å². The summed E-state index contributed by atoms with van der Waals surface area (Å²) in [5, 5.41) is 2.86. The van der Waals surface area contributed by atoms with Gasteiger partial charge in [0.1, 0.15) is 12.6 Å². The Labute approximate surface area is 174 Å². The molecule has 0 bridgehead atoms. The quantitative estimate of drug-likeness (QED) is 0.470. The maximum absolute atomic E-state index is 12.7. The molecule has 2 aromatic carbocycles. The van der Waals surface area contributed by atoms with E-state index in [4.69, 9.17) is 4.74 Å². The van der Waals surface area contributed by atoms with E-state index in [0.717, 1.165) is 14.7 Å². The van der Waals surface area contributed by atoms with Crippen LogP contribution in [0.15, 0.2) is 54.6 Å². The molecule has 0 unspecified atom stereocenters. The highest BCUT2D eigenvalue weighted by Crippen LogP contribution is 2.18. The van der Waals surface area contributed by atoms with Gasteiger partial charge in [-0.3, -0.25) is 4.79 Å². The summed E-state index contributed by atoms with van der Waals surface area (Å²) in [5.74, 6) is -0.560. The zero-order chi connectivity index (χ0) is 19.9. The predicted molar refractivity (Wildman–Crippen MR) is 115 cm³/mol. The number of amides is 1. The van der Waals surface area contributed by atoms with Gasteiger partial charge in [0.25, 0.3) is 0 Å². The molecule has 27 heavy (non-hydrogen) atoms. The first-order chi connectivity index (χ1) is 12.7. The van der Waals surface area contributed by atoms with E-state index in [9.17, 15) is 9.59 Å². The highest BCUT2D eigenvalue weighted by molar-refractivity contribution is 14.1. The number of benzene rings is 2. The van der Waals surface area contributed by atoms with Gasteiger partial charge >= 0.3 is 5.97 Å². The van der Waals surface area contributed by atoms with E-state index in [2.05, 4.69) is 27.9 Å². The van der Waals surface area contributed by atoms with Crippen LogP contribution in [0.5, 0.6) is 0 Å². The third kappa shape index (κ3) is 8.12. The Morgan fingerprint density at radius 1 is 1.04 bits per heavy atom. The van der Waals surface area contributed by atoms with Crippen LogP contribution >= 0.6 is 22.6 Å². The number of halogens is 1. The van der Waals surface area contributed by atoms with Gasteiger partial charge in [0, 0.05) is 16.4 Å². The number of hydrogen-bond acceptors (Lipinski definition) is 3. The Morgan fingerprint density at radius 3 is 2.33 bits per heavy atom. The smallest absolute Gasteiger partial charge is 0.329 e. The second kappa shape index (κ2) is 9.88. The molecule has 0 saturated heterocycles. The summed E-state index contributed by atoms with van der Waals surface area (Å²) in [6.07, 6.45) is 0.752. The molecule has 144 valence electrons. The van der Waals surface area contributed by atoms with Crippen LogP contribution in [0, 0.1) is 8.99 Å². The van der Waals surface area contributed by atoms with Gasteiger partial charge in [-0.1, -0.05) is 63.2 Å². The normalized spacial score (nSPS) is 12.3. The van der Waals surface area contributed by atoms with Gasteiger partial charge in [-0.2, -0.15) is 0 Å². The third-order valence-corrected chi connectivity index (χ3v) is 4.53. The minimum atomic E-state index is -0.707. The molecule has 1 N–H and O–H groups in total. The molecular formula is C22H26INO3. The Kier molecular flexibility index (Phi) is 7.83. The minimum absolute atomic E-state index is 0.144. The van der Waals surface area contributed by atoms with E-state index in [1.165, 1.54) is 0 Å². The van der Waals surface area contributed by atoms with E-state index < -0.39 is 12.0 Å². The first-order valence-electron chi connectivity index (χ1n) is 8.97. The lowest BCUT2D eigenvalue weighted by molar-refractivity contribution is -0.149. The Bertz CT molecular complexity index is 769. The van der Waals surface area contributed by atoms with Gasteiger partial charge in [0.05, 0.1) is 0 Å². The first-order valence-corrected chi connectivity index (χ1v) is 10.1. The molecule has 4 nitrogen and oxygen atoms in total. The summed E-state index contributed by atoms with van der Waals surface area (Å²) in [6, 6.07) is 16.7. The Balaban J connectivity index is 2.07. The lowest BCUT2D eigenvalue weighted by Crippen LogP contribution is -2.44. The second-order valence-electron chi connectivity index (χ2n) is 7.78. The van der Waals surface area contributed by atoms with Crippen molar-refractivity contribution in [3.63, 3.8) is 0 Å². The molecule has 0 aliphatic carbocycles. The van der Waals surface area contributed by atoms with Crippen molar-refractivity contribution in [2.24, 2.45) is 5.41 Å². The fourth-order valence-electron chi connectivity index (χ4n) is 2.65. The van der Waals surface area contributed by atoms with E-state index in [1.807, 2.05) is 75.4 Å². The van der Waals surface area contributed by atoms with Crippen molar-refractivity contribution in [1.29, 1.82) is 0 Å². The van der Waals surface area contributed by atoms with Gasteiger partial charge in [0.15, 0.2) is 0 Å². The zero-order valence-electron chi connectivity index (χ0n) is 16.0. The number of carbonyl (C=O) groups excluding carboxylic acids is 2. The first kappa shape index (κ1) is 21.4. The van der Waals surface area contributed by atoms with E-state index in [0.29, 0.717) is 12.8 Å². The minimum Gasteiger partial charge on any atom is -0.459 e.